The zero-order valence-electron chi connectivity index (χ0n) is 6.77. The molecule has 1 heterocycles. The molecule has 0 saturated carbocycles. The van der Waals surface area contributed by atoms with Crippen LogP contribution in [0.3, 0.4) is 0 Å². The molecule has 2 rings (SSSR count). The quantitative estimate of drug-likeness (QED) is 0.703. The molecule has 0 aliphatic carbocycles. The van der Waals surface area contributed by atoms with Gasteiger partial charge in [-0.15, -0.1) is 10.2 Å². The normalized spacial score (nSPS) is 10.2. The Morgan fingerprint density at radius 2 is 2.15 bits per heavy atom. The van der Waals surface area contributed by atoms with Crippen LogP contribution in [0.1, 0.15) is 11.5 Å². The highest BCUT2D eigenvalue weighted by atomic mass is 19.1. The Morgan fingerprint density at radius 1 is 1.31 bits per heavy atom. The van der Waals surface area contributed by atoms with Crippen LogP contribution in [0.4, 0.5) is 4.39 Å². The molecule has 0 fully saturated rings. The van der Waals surface area contributed by atoms with Gasteiger partial charge < -0.3 is 4.42 Å². The van der Waals surface area contributed by atoms with Crippen LogP contribution < -0.4 is 0 Å². The van der Waals surface area contributed by atoms with Crippen molar-refractivity contribution >= 4 is 0 Å². The lowest BCUT2D eigenvalue weighted by molar-refractivity contribution is 0.499. The van der Waals surface area contributed by atoms with Crippen molar-refractivity contribution in [3.05, 3.63) is 47.9 Å². The third-order valence-electron chi connectivity index (χ3n) is 1.70. The summed E-state index contributed by atoms with van der Waals surface area (Å²) < 4.78 is 18.0. The van der Waals surface area contributed by atoms with Crippen molar-refractivity contribution < 1.29 is 8.81 Å². The zero-order chi connectivity index (χ0) is 9.10. The van der Waals surface area contributed by atoms with E-state index >= 15 is 0 Å². The van der Waals surface area contributed by atoms with E-state index in [0.717, 1.165) is 0 Å². The summed E-state index contributed by atoms with van der Waals surface area (Å²) in [7, 11) is 0. The van der Waals surface area contributed by atoms with E-state index in [-0.39, 0.29) is 5.82 Å². The van der Waals surface area contributed by atoms with Gasteiger partial charge in [-0.2, -0.15) is 0 Å². The summed E-state index contributed by atoms with van der Waals surface area (Å²) in [6.07, 6.45) is 1.57. The number of aromatic nitrogens is 2. The molecule has 0 atom stereocenters. The molecule has 0 aliphatic rings. The molecule has 0 spiro atoms. The molecule has 4 heteroatoms. The number of hydrogen-bond donors (Lipinski definition) is 0. The van der Waals surface area contributed by atoms with Gasteiger partial charge in [-0.05, 0) is 11.6 Å². The van der Waals surface area contributed by atoms with Crippen molar-refractivity contribution in [1.82, 2.24) is 10.2 Å². The molecule has 0 N–H and O–H groups in total. The summed E-state index contributed by atoms with van der Waals surface area (Å²) in [4.78, 5) is 0. The van der Waals surface area contributed by atoms with Crippen molar-refractivity contribution in [1.29, 1.82) is 0 Å². The average molecular weight is 178 g/mol. The van der Waals surface area contributed by atoms with E-state index in [0.29, 0.717) is 17.9 Å². The second-order valence-corrected chi connectivity index (χ2v) is 2.60. The summed E-state index contributed by atoms with van der Waals surface area (Å²) >= 11 is 0. The number of benzene rings is 1. The van der Waals surface area contributed by atoms with Crippen LogP contribution in [0.25, 0.3) is 0 Å². The molecule has 1 aromatic carbocycles. The summed E-state index contributed by atoms with van der Waals surface area (Å²) in [5, 5.41) is 7.18. The lowest BCUT2D eigenvalue weighted by Crippen LogP contribution is -1.92. The number of halogens is 1. The highest BCUT2D eigenvalue weighted by Crippen LogP contribution is 2.10. The molecular formula is C9H7FN2O. The SMILES string of the molecule is Fc1ccccc1Cc1nnco1. The van der Waals surface area contributed by atoms with Crippen LogP contribution in [-0.4, -0.2) is 10.2 Å². The first-order valence-corrected chi connectivity index (χ1v) is 3.85. The fraction of sp³-hybridized carbons (Fsp3) is 0.111. The van der Waals surface area contributed by atoms with Crippen LogP contribution in [-0.2, 0) is 6.42 Å². The first-order chi connectivity index (χ1) is 6.36. The molecule has 0 bridgehead atoms. The number of hydrogen-bond acceptors (Lipinski definition) is 3. The maximum Gasteiger partial charge on any atom is 0.220 e. The van der Waals surface area contributed by atoms with Crippen molar-refractivity contribution in [3.63, 3.8) is 0 Å². The average Bonchev–Trinajstić information content (AvgIpc) is 2.61. The Hall–Kier alpha value is -1.71. The van der Waals surface area contributed by atoms with Crippen LogP contribution in [0.15, 0.2) is 35.1 Å². The van der Waals surface area contributed by atoms with E-state index in [4.69, 9.17) is 4.42 Å². The molecule has 1 aromatic heterocycles. The molecule has 66 valence electrons. The zero-order valence-corrected chi connectivity index (χ0v) is 6.77. The largest absolute Gasteiger partial charge is 0.428 e. The molecule has 13 heavy (non-hydrogen) atoms. The van der Waals surface area contributed by atoms with Crippen LogP contribution >= 0.6 is 0 Å². The molecule has 0 radical (unpaired) electrons. The van der Waals surface area contributed by atoms with Crippen molar-refractivity contribution in [2.75, 3.05) is 0 Å². The van der Waals surface area contributed by atoms with Gasteiger partial charge >= 0.3 is 0 Å². The van der Waals surface area contributed by atoms with Gasteiger partial charge in [-0.3, -0.25) is 0 Å². The van der Waals surface area contributed by atoms with Gasteiger partial charge in [-0.25, -0.2) is 4.39 Å². The minimum Gasteiger partial charge on any atom is -0.428 e. The molecule has 2 aromatic rings. The van der Waals surface area contributed by atoms with Crippen molar-refractivity contribution in [3.8, 4) is 0 Å². The summed E-state index contributed by atoms with van der Waals surface area (Å²) in [6.45, 7) is 0. The summed E-state index contributed by atoms with van der Waals surface area (Å²) in [6, 6.07) is 6.52. The Labute approximate surface area is 74.2 Å². The number of rotatable bonds is 2. The van der Waals surface area contributed by atoms with Gasteiger partial charge in [0, 0.05) is 0 Å². The van der Waals surface area contributed by atoms with E-state index in [1.54, 1.807) is 18.2 Å². The van der Waals surface area contributed by atoms with Crippen molar-refractivity contribution in [2.45, 2.75) is 6.42 Å². The van der Waals surface area contributed by atoms with Gasteiger partial charge in [0.2, 0.25) is 12.3 Å². The Kier molecular flexibility index (Phi) is 2.04. The lowest BCUT2D eigenvalue weighted by Gasteiger charge is -1.97. The fourth-order valence-corrected chi connectivity index (χ4v) is 1.08. The van der Waals surface area contributed by atoms with E-state index in [9.17, 15) is 4.39 Å². The third kappa shape index (κ3) is 1.72. The Balaban J connectivity index is 2.24. The van der Waals surface area contributed by atoms with Crippen LogP contribution in [0.5, 0.6) is 0 Å². The van der Waals surface area contributed by atoms with E-state index < -0.39 is 0 Å². The first-order valence-electron chi connectivity index (χ1n) is 3.85. The fourth-order valence-electron chi connectivity index (χ4n) is 1.08. The van der Waals surface area contributed by atoms with Gasteiger partial charge in [0.1, 0.15) is 5.82 Å². The molecule has 0 unspecified atom stereocenters. The monoisotopic (exact) mass is 178 g/mol. The van der Waals surface area contributed by atoms with Gasteiger partial charge in [-0.1, -0.05) is 18.2 Å². The second kappa shape index (κ2) is 3.35. The maximum absolute atomic E-state index is 13.1. The van der Waals surface area contributed by atoms with Gasteiger partial charge in [0.05, 0.1) is 6.42 Å². The molecule has 0 aliphatic heterocycles. The second-order valence-electron chi connectivity index (χ2n) is 2.60. The molecule has 0 saturated heterocycles. The van der Waals surface area contributed by atoms with E-state index in [1.807, 2.05) is 0 Å². The Morgan fingerprint density at radius 3 is 2.85 bits per heavy atom. The predicted molar refractivity (Wildman–Crippen MR) is 43.5 cm³/mol. The highest BCUT2D eigenvalue weighted by Gasteiger charge is 2.04. The van der Waals surface area contributed by atoms with Gasteiger partial charge in [0.25, 0.3) is 0 Å². The summed E-state index contributed by atoms with van der Waals surface area (Å²) in [5.41, 5.74) is 0.562. The van der Waals surface area contributed by atoms with Crippen molar-refractivity contribution in [2.24, 2.45) is 0 Å². The minimum atomic E-state index is -0.249. The number of nitrogens with zero attached hydrogens (tertiary/aromatic N) is 2. The highest BCUT2D eigenvalue weighted by molar-refractivity contribution is 5.19. The van der Waals surface area contributed by atoms with Crippen LogP contribution in [0, 0.1) is 5.82 Å². The molecule has 0 amide bonds. The van der Waals surface area contributed by atoms with E-state index in [2.05, 4.69) is 10.2 Å². The minimum absolute atomic E-state index is 0.249. The molecule has 3 nitrogen and oxygen atoms in total. The molecular weight excluding hydrogens is 171 g/mol. The topological polar surface area (TPSA) is 38.9 Å². The summed E-state index contributed by atoms with van der Waals surface area (Å²) in [5.74, 6) is 0.172. The third-order valence-corrected chi connectivity index (χ3v) is 1.70. The first kappa shape index (κ1) is 7.91. The van der Waals surface area contributed by atoms with E-state index in [1.165, 1.54) is 12.5 Å². The lowest BCUT2D eigenvalue weighted by atomic mass is 10.1. The maximum atomic E-state index is 13.1. The smallest absolute Gasteiger partial charge is 0.220 e. The van der Waals surface area contributed by atoms with Crippen LogP contribution in [0.2, 0.25) is 0 Å². The standard InChI is InChI=1S/C9H7FN2O/c10-8-4-2-1-3-7(8)5-9-12-11-6-13-9/h1-4,6H,5H2. The van der Waals surface area contributed by atoms with Gasteiger partial charge in [0.15, 0.2) is 0 Å². The predicted octanol–water partition coefficient (Wildman–Crippen LogP) is 1.80. The Bertz CT molecular complexity index is 386.